The van der Waals surface area contributed by atoms with E-state index in [1.165, 1.54) is 6.07 Å². The van der Waals surface area contributed by atoms with Gasteiger partial charge < -0.3 is 29.2 Å². The Morgan fingerprint density at radius 2 is 1.36 bits per heavy atom. The van der Waals surface area contributed by atoms with Gasteiger partial charge in [0, 0.05) is 11.8 Å². The molecule has 6 heteroatoms. The molecule has 2 aromatic rings. The predicted molar refractivity (Wildman–Crippen MR) is 86.7 cm³/mol. The van der Waals surface area contributed by atoms with Crippen LogP contribution in [0.15, 0.2) is 36.4 Å². The lowest BCUT2D eigenvalue weighted by atomic mass is 9.85. The highest BCUT2D eigenvalue weighted by Gasteiger charge is 2.48. The van der Waals surface area contributed by atoms with Crippen LogP contribution in [0, 0.1) is 11.8 Å². The molecular formula is C19H18O6. The molecule has 0 amide bonds. The average molecular weight is 342 g/mol. The smallest absolute Gasteiger partial charge is 0.231 e. The Balaban J connectivity index is 1.40. The zero-order valence-electron chi connectivity index (χ0n) is 13.4. The highest BCUT2D eigenvalue weighted by Crippen LogP contribution is 2.51. The van der Waals surface area contributed by atoms with Gasteiger partial charge in [0.25, 0.3) is 0 Å². The fraction of sp³-hybridized carbons (Fsp3) is 0.368. The van der Waals surface area contributed by atoms with E-state index in [0.29, 0.717) is 13.2 Å². The predicted octanol–water partition coefficient (Wildman–Crippen LogP) is 2.90. The Labute approximate surface area is 144 Å². The summed E-state index contributed by atoms with van der Waals surface area (Å²) in [7, 11) is 0. The van der Waals surface area contributed by atoms with Crippen molar-refractivity contribution in [1.29, 1.82) is 0 Å². The van der Waals surface area contributed by atoms with Gasteiger partial charge in [0.15, 0.2) is 23.0 Å². The van der Waals surface area contributed by atoms with Gasteiger partial charge in [-0.25, -0.2) is 0 Å². The second-order valence-electron chi connectivity index (χ2n) is 6.70. The summed E-state index contributed by atoms with van der Waals surface area (Å²) in [5.41, 5.74) is 1.92. The molecule has 6 nitrogen and oxygen atoms in total. The minimum absolute atomic E-state index is 0.0461. The van der Waals surface area contributed by atoms with E-state index < -0.39 is 0 Å². The van der Waals surface area contributed by atoms with Crippen LogP contribution in [0.5, 0.6) is 23.0 Å². The Morgan fingerprint density at radius 1 is 0.720 bits per heavy atom. The summed E-state index contributed by atoms with van der Waals surface area (Å²) in [6.45, 7) is 1.44. The Morgan fingerprint density at radius 3 is 2.08 bits per heavy atom. The first kappa shape index (κ1) is 14.9. The Kier molecular flexibility index (Phi) is 3.29. The van der Waals surface area contributed by atoms with Crippen LogP contribution >= 0.6 is 0 Å². The van der Waals surface area contributed by atoms with Crippen molar-refractivity contribution in [3.05, 3.63) is 47.5 Å². The molecule has 0 spiro atoms. The van der Waals surface area contributed by atoms with E-state index in [2.05, 4.69) is 0 Å². The first-order valence-electron chi connectivity index (χ1n) is 8.35. The standard InChI is InChI=1S/C19H18O6/c20-14-3-1-10(5-15(14)21)18-12-7-23-19(13(12)8-22-18)11-2-4-16-17(6-11)25-9-24-16/h1-6,12-13,18-21H,7-9H2/t12-,13-,18+,19+/m1/s1. The van der Waals surface area contributed by atoms with Crippen molar-refractivity contribution in [1.82, 2.24) is 0 Å². The number of hydrogen-bond donors (Lipinski definition) is 2. The molecule has 0 radical (unpaired) electrons. The largest absolute Gasteiger partial charge is 0.504 e. The van der Waals surface area contributed by atoms with Gasteiger partial charge in [-0.2, -0.15) is 0 Å². The van der Waals surface area contributed by atoms with Crippen molar-refractivity contribution < 1.29 is 29.2 Å². The van der Waals surface area contributed by atoms with Crippen molar-refractivity contribution in [2.75, 3.05) is 20.0 Å². The zero-order chi connectivity index (χ0) is 17.0. The summed E-state index contributed by atoms with van der Waals surface area (Å²) in [5, 5.41) is 19.3. The maximum atomic E-state index is 9.76. The molecule has 25 heavy (non-hydrogen) atoms. The van der Waals surface area contributed by atoms with Gasteiger partial charge in [0.2, 0.25) is 6.79 Å². The molecule has 0 bridgehead atoms. The zero-order valence-corrected chi connectivity index (χ0v) is 13.4. The number of ether oxygens (including phenoxy) is 4. The van der Waals surface area contributed by atoms with Gasteiger partial charge in [-0.05, 0) is 35.4 Å². The van der Waals surface area contributed by atoms with Crippen LogP contribution < -0.4 is 9.47 Å². The minimum Gasteiger partial charge on any atom is -0.504 e. The molecule has 3 heterocycles. The van der Waals surface area contributed by atoms with Crippen LogP contribution in [0.1, 0.15) is 23.3 Å². The van der Waals surface area contributed by atoms with Gasteiger partial charge in [0.1, 0.15) is 0 Å². The second-order valence-corrected chi connectivity index (χ2v) is 6.70. The molecule has 0 unspecified atom stereocenters. The third-order valence-electron chi connectivity index (χ3n) is 5.32. The molecule has 130 valence electrons. The number of benzene rings is 2. The highest BCUT2D eigenvalue weighted by molar-refractivity contribution is 5.46. The van der Waals surface area contributed by atoms with E-state index in [-0.39, 0.29) is 42.3 Å². The lowest BCUT2D eigenvalue weighted by Crippen LogP contribution is -2.14. The summed E-state index contributed by atoms with van der Waals surface area (Å²) in [4.78, 5) is 0. The second kappa shape index (κ2) is 5.54. The molecule has 2 N–H and O–H groups in total. The maximum Gasteiger partial charge on any atom is 0.231 e. The molecule has 0 aromatic heterocycles. The van der Waals surface area contributed by atoms with Crippen LogP contribution in [0.4, 0.5) is 0 Å². The molecule has 2 fully saturated rings. The average Bonchev–Trinajstić information content (AvgIpc) is 3.31. The van der Waals surface area contributed by atoms with Crippen molar-refractivity contribution >= 4 is 0 Å². The van der Waals surface area contributed by atoms with Crippen LogP contribution in [0.2, 0.25) is 0 Å². The summed E-state index contributed by atoms with van der Waals surface area (Å²) in [5.74, 6) is 1.71. The summed E-state index contributed by atoms with van der Waals surface area (Å²) in [6.07, 6.45) is -0.189. The number of aromatic hydroxyl groups is 2. The quantitative estimate of drug-likeness (QED) is 0.817. The molecule has 2 aromatic carbocycles. The first-order valence-corrected chi connectivity index (χ1v) is 8.35. The molecule has 3 aliphatic rings. The number of phenols is 2. The molecule has 3 aliphatic heterocycles. The Hall–Kier alpha value is -2.44. The molecule has 5 rings (SSSR count). The number of phenolic OH excluding ortho intramolecular Hbond substituents is 2. The summed E-state index contributed by atoms with van der Waals surface area (Å²) < 4.78 is 22.9. The third-order valence-corrected chi connectivity index (χ3v) is 5.32. The van der Waals surface area contributed by atoms with Gasteiger partial charge >= 0.3 is 0 Å². The van der Waals surface area contributed by atoms with Crippen molar-refractivity contribution in [3.63, 3.8) is 0 Å². The SMILES string of the molecule is Oc1ccc([C@@H]2OC[C@@H]3[C@H]2CO[C@H]3c2ccc3c(c2)OCO3)cc1O. The normalized spacial score (nSPS) is 29.8. The van der Waals surface area contributed by atoms with Gasteiger partial charge in [0.05, 0.1) is 25.4 Å². The fourth-order valence-corrected chi connectivity index (χ4v) is 4.04. The van der Waals surface area contributed by atoms with E-state index in [4.69, 9.17) is 18.9 Å². The molecule has 4 atom stereocenters. The Bertz CT molecular complexity index is 820. The monoisotopic (exact) mass is 342 g/mol. The van der Waals surface area contributed by atoms with Crippen molar-refractivity contribution in [2.45, 2.75) is 12.2 Å². The van der Waals surface area contributed by atoms with Gasteiger partial charge in [-0.15, -0.1) is 0 Å². The number of hydrogen-bond acceptors (Lipinski definition) is 6. The third kappa shape index (κ3) is 2.33. The minimum atomic E-state index is -0.143. The number of rotatable bonds is 2. The number of fused-ring (bicyclic) bond motifs is 2. The van der Waals surface area contributed by atoms with Crippen molar-refractivity contribution in [3.8, 4) is 23.0 Å². The fourth-order valence-electron chi connectivity index (χ4n) is 4.04. The summed E-state index contributed by atoms with van der Waals surface area (Å²) >= 11 is 0. The van der Waals surface area contributed by atoms with Crippen molar-refractivity contribution in [2.24, 2.45) is 11.8 Å². The van der Waals surface area contributed by atoms with Crippen LogP contribution in [0.3, 0.4) is 0 Å². The van der Waals surface area contributed by atoms with Gasteiger partial charge in [-0.1, -0.05) is 12.1 Å². The highest BCUT2D eigenvalue weighted by atomic mass is 16.7. The molecule has 2 saturated heterocycles. The van der Waals surface area contributed by atoms with Crippen LogP contribution in [-0.4, -0.2) is 30.2 Å². The van der Waals surface area contributed by atoms with E-state index >= 15 is 0 Å². The molecule has 0 saturated carbocycles. The van der Waals surface area contributed by atoms with E-state index in [9.17, 15) is 10.2 Å². The van der Waals surface area contributed by atoms with Crippen LogP contribution in [-0.2, 0) is 9.47 Å². The molecular weight excluding hydrogens is 324 g/mol. The topological polar surface area (TPSA) is 77.4 Å². The maximum absolute atomic E-state index is 9.76. The molecule has 0 aliphatic carbocycles. The van der Waals surface area contributed by atoms with Crippen LogP contribution in [0.25, 0.3) is 0 Å². The van der Waals surface area contributed by atoms with E-state index in [0.717, 1.165) is 22.6 Å². The van der Waals surface area contributed by atoms with E-state index in [1.807, 2.05) is 18.2 Å². The lowest BCUT2D eigenvalue weighted by molar-refractivity contribution is 0.0191. The first-order chi connectivity index (χ1) is 12.2. The lowest BCUT2D eigenvalue weighted by Gasteiger charge is -2.17. The van der Waals surface area contributed by atoms with Gasteiger partial charge in [-0.3, -0.25) is 0 Å². The van der Waals surface area contributed by atoms with E-state index in [1.54, 1.807) is 12.1 Å². The summed E-state index contributed by atoms with van der Waals surface area (Å²) in [6, 6.07) is 10.8.